The average Bonchev–Trinajstić information content (AvgIpc) is 3.94. The summed E-state index contributed by atoms with van der Waals surface area (Å²) in [4.78, 5) is 0. The topological polar surface area (TPSA) is 23.0 Å². The van der Waals surface area contributed by atoms with Crippen molar-refractivity contribution in [2.45, 2.75) is 0 Å². The van der Waals surface area contributed by atoms with E-state index >= 15 is 0 Å². The van der Waals surface area contributed by atoms with Gasteiger partial charge in [0.1, 0.15) is 11.2 Å². The van der Waals surface area contributed by atoms with Gasteiger partial charge in [-0.2, -0.15) is 0 Å². The van der Waals surface area contributed by atoms with E-state index in [9.17, 15) is 0 Å². The van der Waals surface area contributed by atoms with Crippen LogP contribution in [0.2, 0.25) is 0 Å². The van der Waals surface area contributed by atoms with Crippen LogP contribution >= 0.6 is 0 Å². The summed E-state index contributed by atoms with van der Waals surface area (Å²) < 4.78 is 11.0. The van der Waals surface area contributed by atoms with Gasteiger partial charge in [-0.15, -0.1) is 0 Å². The maximum Gasteiger partial charge on any atom is 0.135 e. The van der Waals surface area contributed by atoms with E-state index < -0.39 is 0 Å². The minimum absolute atomic E-state index is 0.902. The van der Waals surface area contributed by atoms with E-state index in [-0.39, 0.29) is 0 Å². The molecule has 0 unspecified atom stereocenters. The van der Waals surface area contributed by atoms with Crippen LogP contribution in [-0.4, -0.2) is 9.13 Å². The first-order chi connectivity index (χ1) is 28.2. The highest BCUT2D eigenvalue weighted by atomic mass is 16.3. The lowest BCUT2D eigenvalue weighted by Crippen LogP contribution is -1.96. The number of para-hydroxylation sites is 4. The molecular weight excluding hydrogens is 693 g/mol. The standard InChI is InChI=1S/C54H34N2O/c1-3-13-35(14-4-1)39-29-40(38-25-28-54-48(34-38)45-19-9-12-22-53(45)57-54)31-42(30-39)56-50-21-11-8-18-44(50)47-33-37(24-27-52(47)56)36-23-26-51-46(32-36)43-17-7-10-20-49(43)55(51)41-15-5-2-6-16-41/h1-34H. The second-order valence-electron chi connectivity index (χ2n) is 14.9. The van der Waals surface area contributed by atoms with E-state index in [2.05, 4.69) is 203 Å². The Morgan fingerprint density at radius 1 is 0.246 bits per heavy atom. The summed E-state index contributed by atoms with van der Waals surface area (Å²) in [6, 6.07) is 74.6. The summed E-state index contributed by atoms with van der Waals surface area (Å²) in [7, 11) is 0. The zero-order valence-corrected chi connectivity index (χ0v) is 30.9. The van der Waals surface area contributed by atoms with Crippen molar-refractivity contribution in [2.24, 2.45) is 0 Å². The summed E-state index contributed by atoms with van der Waals surface area (Å²) in [5, 5.41) is 7.23. The number of hydrogen-bond donors (Lipinski definition) is 0. The Morgan fingerprint density at radius 3 is 1.37 bits per heavy atom. The molecular formula is C54H34N2O. The summed E-state index contributed by atoms with van der Waals surface area (Å²) in [5.41, 5.74) is 15.9. The van der Waals surface area contributed by atoms with E-state index in [0.717, 1.165) is 38.8 Å². The van der Waals surface area contributed by atoms with Crippen molar-refractivity contribution in [1.29, 1.82) is 0 Å². The molecule has 12 aromatic rings. The van der Waals surface area contributed by atoms with Crippen LogP contribution in [-0.2, 0) is 0 Å². The monoisotopic (exact) mass is 726 g/mol. The van der Waals surface area contributed by atoms with Crippen molar-refractivity contribution in [1.82, 2.24) is 9.13 Å². The van der Waals surface area contributed by atoms with E-state index in [1.165, 1.54) is 71.6 Å². The fraction of sp³-hybridized carbons (Fsp3) is 0. The predicted molar refractivity (Wildman–Crippen MR) is 239 cm³/mol. The molecule has 0 fully saturated rings. The first-order valence-electron chi connectivity index (χ1n) is 19.5. The van der Waals surface area contributed by atoms with E-state index in [1.807, 2.05) is 12.1 Å². The maximum absolute atomic E-state index is 6.21. The van der Waals surface area contributed by atoms with Crippen LogP contribution in [0.4, 0.5) is 0 Å². The molecule has 266 valence electrons. The fourth-order valence-corrected chi connectivity index (χ4v) is 9.05. The molecule has 0 saturated carbocycles. The number of nitrogens with zero attached hydrogens (tertiary/aromatic N) is 2. The number of furan rings is 1. The van der Waals surface area contributed by atoms with Crippen LogP contribution in [0.3, 0.4) is 0 Å². The zero-order valence-electron chi connectivity index (χ0n) is 30.9. The minimum Gasteiger partial charge on any atom is -0.456 e. The summed E-state index contributed by atoms with van der Waals surface area (Å²) in [6.45, 7) is 0. The molecule has 9 aromatic carbocycles. The molecule has 3 nitrogen and oxygen atoms in total. The van der Waals surface area contributed by atoms with Crippen molar-refractivity contribution in [3.8, 4) is 44.8 Å². The molecule has 0 bridgehead atoms. The van der Waals surface area contributed by atoms with E-state index in [4.69, 9.17) is 4.42 Å². The Balaban J connectivity index is 1.05. The van der Waals surface area contributed by atoms with Gasteiger partial charge in [0.2, 0.25) is 0 Å². The Labute approximate surface area is 328 Å². The molecule has 0 spiro atoms. The van der Waals surface area contributed by atoms with Crippen LogP contribution in [0, 0.1) is 0 Å². The Morgan fingerprint density at radius 2 is 0.702 bits per heavy atom. The van der Waals surface area contributed by atoms with Crippen LogP contribution in [0.1, 0.15) is 0 Å². The van der Waals surface area contributed by atoms with Gasteiger partial charge in [-0.3, -0.25) is 0 Å². The predicted octanol–water partition coefficient (Wildman–Crippen LogP) is 14.8. The van der Waals surface area contributed by atoms with Gasteiger partial charge in [-0.25, -0.2) is 0 Å². The highest BCUT2D eigenvalue weighted by Gasteiger charge is 2.18. The fourth-order valence-electron chi connectivity index (χ4n) is 9.05. The average molecular weight is 727 g/mol. The molecule has 0 aliphatic heterocycles. The van der Waals surface area contributed by atoms with Crippen LogP contribution in [0.15, 0.2) is 211 Å². The lowest BCUT2D eigenvalue weighted by molar-refractivity contribution is 0.669. The van der Waals surface area contributed by atoms with Crippen molar-refractivity contribution >= 4 is 65.6 Å². The highest BCUT2D eigenvalue weighted by Crippen LogP contribution is 2.40. The number of rotatable bonds is 5. The largest absolute Gasteiger partial charge is 0.456 e. The third-order valence-electron chi connectivity index (χ3n) is 11.7. The summed E-state index contributed by atoms with van der Waals surface area (Å²) in [6.07, 6.45) is 0. The number of fused-ring (bicyclic) bond motifs is 9. The van der Waals surface area contributed by atoms with Gasteiger partial charge >= 0.3 is 0 Å². The molecule has 0 aliphatic rings. The Bertz CT molecular complexity index is 3510. The van der Waals surface area contributed by atoms with Gasteiger partial charge in [0.05, 0.1) is 22.1 Å². The van der Waals surface area contributed by atoms with Crippen molar-refractivity contribution in [3.63, 3.8) is 0 Å². The lowest BCUT2D eigenvalue weighted by Gasteiger charge is -2.14. The zero-order chi connectivity index (χ0) is 37.5. The Hall–Kier alpha value is -7.62. The summed E-state index contributed by atoms with van der Waals surface area (Å²) >= 11 is 0. The molecule has 12 rings (SSSR count). The van der Waals surface area contributed by atoms with Crippen molar-refractivity contribution in [3.05, 3.63) is 206 Å². The van der Waals surface area contributed by atoms with Gasteiger partial charge < -0.3 is 13.6 Å². The van der Waals surface area contributed by atoms with Crippen molar-refractivity contribution < 1.29 is 4.42 Å². The third-order valence-corrected chi connectivity index (χ3v) is 11.7. The SMILES string of the molecule is c1ccc(-c2cc(-c3ccc4oc5ccccc5c4c3)cc(-n3c4ccccc4c4cc(-c5ccc6c(c5)c5ccccc5n6-c5ccccc5)ccc43)c2)cc1. The normalized spacial score (nSPS) is 11.9. The van der Waals surface area contributed by atoms with Gasteiger partial charge in [0.15, 0.2) is 0 Å². The highest BCUT2D eigenvalue weighted by molar-refractivity contribution is 6.13. The smallest absolute Gasteiger partial charge is 0.135 e. The third kappa shape index (κ3) is 4.99. The summed E-state index contributed by atoms with van der Waals surface area (Å²) in [5.74, 6) is 0. The molecule has 0 aliphatic carbocycles. The van der Waals surface area contributed by atoms with Gasteiger partial charge in [-0.05, 0) is 118 Å². The number of aromatic nitrogens is 2. The van der Waals surface area contributed by atoms with Gasteiger partial charge in [0, 0.05) is 43.7 Å². The number of hydrogen-bond acceptors (Lipinski definition) is 1. The Kier molecular flexibility index (Phi) is 6.93. The van der Waals surface area contributed by atoms with Crippen molar-refractivity contribution in [2.75, 3.05) is 0 Å². The molecule has 0 amide bonds. The van der Waals surface area contributed by atoms with Gasteiger partial charge in [-0.1, -0.05) is 121 Å². The molecule has 3 heterocycles. The molecule has 0 atom stereocenters. The minimum atomic E-state index is 0.902. The van der Waals surface area contributed by atoms with E-state index in [1.54, 1.807) is 0 Å². The molecule has 0 saturated heterocycles. The second-order valence-corrected chi connectivity index (χ2v) is 14.9. The first-order valence-corrected chi connectivity index (χ1v) is 19.5. The second kappa shape index (κ2) is 12.5. The number of benzene rings is 9. The van der Waals surface area contributed by atoms with Gasteiger partial charge in [0.25, 0.3) is 0 Å². The lowest BCUT2D eigenvalue weighted by atomic mass is 9.96. The van der Waals surface area contributed by atoms with Crippen LogP contribution in [0.5, 0.6) is 0 Å². The van der Waals surface area contributed by atoms with Crippen LogP contribution < -0.4 is 0 Å². The maximum atomic E-state index is 6.21. The molecule has 0 N–H and O–H groups in total. The molecule has 0 radical (unpaired) electrons. The quantitative estimate of drug-likeness (QED) is 0.173. The molecule has 3 heteroatoms. The van der Waals surface area contributed by atoms with E-state index in [0.29, 0.717) is 0 Å². The molecule has 3 aromatic heterocycles. The van der Waals surface area contributed by atoms with Crippen LogP contribution in [0.25, 0.3) is 110 Å². The molecule has 57 heavy (non-hydrogen) atoms. The first kappa shape index (κ1) is 31.7.